The van der Waals surface area contributed by atoms with Gasteiger partial charge in [-0.2, -0.15) is 6.08 Å². The standard InChI is InChI=1S/C13H9.C5H5.3CH3.2ClH.Zr/c1-3-7-12-10(5-1)9-11-6-2-4-8-13(11)12;1-2-4-5-3-1;;;;;;/h1-9H;1-3H,4H2;3*1H3;2*1H;/q5*-1;;;+2/p-2. The van der Waals surface area contributed by atoms with E-state index in [2.05, 4.69) is 66.7 Å². The number of halogens is 2. The number of rotatable bonds is 0. The molecule has 3 aromatic rings. The summed E-state index contributed by atoms with van der Waals surface area (Å²) in [5, 5.41) is 5.39. The first-order valence-electron chi connectivity index (χ1n) is 6.20. The molecule has 0 radical (unpaired) electrons. The van der Waals surface area contributed by atoms with Gasteiger partial charge in [-0.25, -0.2) is 12.2 Å². The predicted molar refractivity (Wildman–Crippen MR) is 97.9 cm³/mol. The van der Waals surface area contributed by atoms with Crippen LogP contribution in [-0.4, -0.2) is 0 Å². The Morgan fingerprint density at radius 1 is 0.750 bits per heavy atom. The molecule has 1 aliphatic carbocycles. The fraction of sp³-hybridized carbons (Fsp3) is 0.0476. The average molecular weight is 438 g/mol. The molecule has 0 amide bonds. The third-order valence-corrected chi connectivity index (χ3v) is 3.11. The van der Waals surface area contributed by atoms with Gasteiger partial charge in [-0.3, -0.25) is 6.08 Å². The molecule has 0 aliphatic heterocycles. The minimum absolute atomic E-state index is 0. The van der Waals surface area contributed by atoms with Crippen molar-refractivity contribution in [3.63, 3.8) is 0 Å². The van der Waals surface area contributed by atoms with E-state index in [9.17, 15) is 0 Å². The van der Waals surface area contributed by atoms with Crippen molar-refractivity contribution >= 4 is 21.5 Å². The Labute approximate surface area is 179 Å². The van der Waals surface area contributed by atoms with Gasteiger partial charge in [-0.1, -0.05) is 36.4 Å². The first kappa shape index (κ1) is 31.1. The summed E-state index contributed by atoms with van der Waals surface area (Å²) in [5.74, 6) is 0. The van der Waals surface area contributed by atoms with Crippen molar-refractivity contribution in [3.8, 4) is 0 Å². The van der Waals surface area contributed by atoms with E-state index in [4.69, 9.17) is 0 Å². The molecule has 1 aliphatic rings. The van der Waals surface area contributed by atoms with Crippen molar-refractivity contribution in [2.24, 2.45) is 0 Å². The van der Waals surface area contributed by atoms with Crippen molar-refractivity contribution in [1.29, 1.82) is 0 Å². The van der Waals surface area contributed by atoms with Crippen LogP contribution in [-0.2, 0) is 26.2 Å². The molecule has 0 heterocycles. The summed E-state index contributed by atoms with van der Waals surface area (Å²) in [4.78, 5) is 0. The number of fused-ring (bicyclic) bond motifs is 3. The van der Waals surface area contributed by atoms with Crippen LogP contribution in [0, 0.1) is 28.4 Å². The van der Waals surface area contributed by atoms with E-state index >= 15 is 0 Å². The first-order chi connectivity index (χ1) is 8.95. The summed E-state index contributed by atoms with van der Waals surface area (Å²) in [6.45, 7) is 0. The fourth-order valence-electron chi connectivity index (χ4n) is 2.24. The maximum atomic E-state index is 2.99. The van der Waals surface area contributed by atoms with E-state index in [0.29, 0.717) is 0 Å². The van der Waals surface area contributed by atoms with Crippen molar-refractivity contribution in [1.82, 2.24) is 0 Å². The summed E-state index contributed by atoms with van der Waals surface area (Å²) >= 11 is 0. The Morgan fingerprint density at radius 3 is 1.54 bits per heavy atom. The van der Waals surface area contributed by atoms with Gasteiger partial charge in [0, 0.05) is 0 Å². The Hall–Kier alpha value is -0.747. The van der Waals surface area contributed by atoms with Crippen LogP contribution in [0.25, 0.3) is 21.5 Å². The maximum absolute atomic E-state index is 2.99. The van der Waals surface area contributed by atoms with Gasteiger partial charge in [-0.05, 0) is 0 Å². The van der Waals surface area contributed by atoms with Crippen LogP contribution < -0.4 is 24.8 Å². The van der Waals surface area contributed by atoms with Gasteiger partial charge < -0.3 is 47.1 Å². The molecular weight excluding hydrogens is 414 g/mol. The second kappa shape index (κ2) is 15.8. The molecule has 24 heavy (non-hydrogen) atoms. The SMILES string of the molecule is [C-]1=CC=CC1.[CH3-].[CH3-].[CH3-].[Cl-].[Cl-].[Zr+2].c1ccc2c(c1)[cH-]c1ccccc12. The number of hydrogen-bond donors (Lipinski definition) is 0. The van der Waals surface area contributed by atoms with E-state index in [-0.39, 0.29) is 73.3 Å². The molecule has 0 saturated heterocycles. The molecule has 0 atom stereocenters. The van der Waals surface area contributed by atoms with Gasteiger partial charge in [0.15, 0.2) is 0 Å². The van der Waals surface area contributed by atoms with Gasteiger partial charge in [0.2, 0.25) is 0 Å². The van der Waals surface area contributed by atoms with Gasteiger partial charge >= 0.3 is 26.2 Å². The summed E-state index contributed by atoms with van der Waals surface area (Å²) in [6.07, 6.45) is 10.0. The minimum atomic E-state index is 0. The quantitative estimate of drug-likeness (QED) is 0.446. The Kier molecular flexibility index (Phi) is 20.4. The third kappa shape index (κ3) is 7.43. The maximum Gasteiger partial charge on any atom is 2.00 e. The van der Waals surface area contributed by atoms with E-state index in [1.807, 2.05) is 12.2 Å². The largest absolute Gasteiger partial charge is 2.00 e. The predicted octanol–water partition coefficient (Wildman–Crippen LogP) is 0.374. The molecule has 0 saturated carbocycles. The summed E-state index contributed by atoms with van der Waals surface area (Å²) in [6, 6.07) is 19.3. The second-order valence-electron chi connectivity index (χ2n) is 4.32. The molecule has 0 N–H and O–H groups in total. The molecular formula is C21H23Cl2Zr-5. The van der Waals surface area contributed by atoms with Gasteiger partial charge in [0.1, 0.15) is 0 Å². The summed E-state index contributed by atoms with van der Waals surface area (Å²) in [5.41, 5.74) is 0. The van der Waals surface area contributed by atoms with Gasteiger partial charge in [-0.15, -0.1) is 46.2 Å². The summed E-state index contributed by atoms with van der Waals surface area (Å²) in [7, 11) is 0. The monoisotopic (exact) mass is 435 g/mol. The molecule has 0 aromatic heterocycles. The molecule has 0 fully saturated rings. The molecule has 3 aromatic carbocycles. The van der Waals surface area contributed by atoms with Gasteiger partial charge in [0.05, 0.1) is 0 Å². The van der Waals surface area contributed by atoms with Crippen LogP contribution in [0.2, 0.25) is 0 Å². The minimum Gasteiger partial charge on any atom is -1.00 e. The number of allylic oxidation sites excluding steroid dienone is 4. The smallest absolute Gasteiger partial charge is 1.00 e. The average Bonchev–Trinajstić information content (AvgIpc) is 3.10. The number of benzene rings is 2. The second-order valence-corrected chi connectivity index (χ2v) is 4.32. The molecule has 0 bridgehead atoms. The van der Waals surface area contributed by atoms with E-state index in [0.717, 1.165) is 6.42 Å². The zero-order chi connectivity index (χ0) is 12.2. The Morgan fingerprint density at radius 2 is 1.21 bits per heavy atom. The van der Waals surface area contributed by atoms with Crippen molar-refractivity contribution < 1.29 is 51.0 Å². The van der Waals surface area contributed by atoms with Crippen LogP contribution >= 0.6 is 0 Å². The topological polar surface area (TPSA) is 0 Å². The van der Waals surface area contributed by atoms with Crippen LogP contribution in [0.5, 0.6) is 0 Å². The van der Waals surface area contributed by atoms with E-state index in [1.165, 1.54) is 21.5 Å². The van der Waals surface area contributed by atoms with Crippen molar-refractivity contribution in [2.75, 3.05) is 0 Å². The zero-order valence-electron chi connectivity index (χ0n) is 14.4. The molecule has 0 unspecified atom stereocenters. The van der Waals surface area contributed by atoms with Crippen molar-refractivity contribution in [3.05, 3.63) is 101 Å². The molecule has 3 heteroatoms. The molecule has 0 nitrogen and oxygen atoms in total. The van der Waals surface area contributed by atoms with Gasteiger partial charge in [0.25, 0.3) is 0 Å². The fourth-order valence-corrected chi connectivity index (χ4v) is 2.24. The van der Waals surface area contributed by atoms with Crippen LogP contribution in [0.1, 0.15) is 6.42 Å². The zero-order valence-corrected chi connectivity index (χ0v) is 18.4. The Bertz CT molecular complexity index is 666. The Balaban J connectivity index is -0.000000163. The van der Waals surface area contributed by atoms with Crippen molar-refractivity contribution in [2.45, 2.75) is 6.42 Å². The van der Waals surface area contributed by atoms with Crippen LogP contribution in [0.15, 0.2) is 72.8 Å². The first-order valence-corrected chi connectivity index (χ1v) is 6.20. The normalized spacial score (nSPS) is 9.67. The van der Waals surface area contributed by atoms with Crippen LogP contribution in [0.3, 0.4) is 0 Å². The van der Waals surface area contributed by atoms with E-state index in [1.54, 1.807) is 0 Å². The molecule has 130 valence electrons. The molecule has 4 rings (SSSR count). The van der Waals surface area contributed by atoms with E-state index < -0.39 is 0 Å². The summed E-state index contributed by atoms with van der Waals surface area (Å²) < 4.78 is 0. The van der Waals surface area contributed by atoms with Crippen LogP contribution in [0.4, 0.5) is 0 Å². The third-order valence-electron chi connectivity index (χ3n) is 3.11. The number of hydrogen-bond acceptors (Lipinski definition) is 0. The molecule has 0 spiro atoms.